The van der Waals surface area contributed by atoms with Gasteiger partial charge < -0.3 is 14.9 Å². The first kappa shape index (κ1) is 16.7. The highest BCUT2D eigenvalue weighted by Crippen LogP contribution is 2.35. The number of amides is 1. The summed E-state index contributed by atoms with van der Waals surface area (Å²) >= 11 is 0. The number of hydrogen-bond acceptors (Lipinski definition) is 4. The maximum absolute atomic E-state index is 12.7. The number of aromatic amines is 1. The van der Waals surface area contributed by atoms with Crippen molar-refractivity contribution in [3.8, 4) is 0 Å². The number of likely N-dealkylation sites (N-methyl/N-ethyl adjacent to an activating group) is 1. The van der Waals surface area contributed by atoms with E-state index in [9.17, 15) is 9.90 Å². The topological polar surface area (TPSA) is 72.5 Å². The summed E-state index contributed by atoms with van der Waals surface area (Å²) in [6, 6.07) is 11.3. The van der Waals surface area contributed by atoms with Crippen LogP contribution < -0.4 is 0 Å². The number of nitrogens with one attached hydrogen (secondary N) is 1. The molecule has 1 aromatic carbocycles. The first-order valence-electron chi connectivity index (χ1n) is 8.17. The zero-order valence-corrected chi connectivity index (χ0v) is 14.4. The number of benzene rings is 1. The van der Waals surface area contributed by atoms with Gasteiger partial charge in [0.2, 0.25) is 0 Å². The molecule has 2 heterocycles. The molecule has 0 saturated carbocycles. The molecule has 2 N–H and O–H groups in total. The van der Waals surface area contributed by atoms with Crippen molar-refractivity contribution in [3.63, 3.8) is 0 Å². The third-order valence-electron chi connectivity index (χ3n) is 4.82. The minimum atomic E-state index is -0.969. The molecule has 1 aliphatic rings. The molecule has 0 radical (unpaired) electrons. The van der Waals surface area contributed by atoms with Crippen molar-refractivity contribution in [3.05, 3.63) is 53.3 Å². The van der Waals surface area contributed by atoms with Gasteiger partial charge in [-0.05, 0) is 39.1 Å². The number of nitrogens with zero attached hydrogens (tertiary/aromatic N) is 3. The van der Waals surface area contributed by atoms with E-state index in [0.29, 0.717) is 25.2 Å². The lowest BCUT2D eigenvalue weighted by molar-refractivity contribution is -0.0811. The molecule has 2 atom stereocenters. The number of carbonyl (C=O) groups is 1. The smallest absolute Gasteiger partial charge is 0.274 e. The van der Waals surface area contributed by atoms with Crippen LogP contribution in [0, 0.1) is 6.92 Å². The van der Waals surface area contributed by atoms with Crippen molar-refractivity contribution >= 4 is 5.91 Å². The van der Waals surface area contributed by atoms with Gasteiger partial charge >= 0.3 is 0 Å². The molecule has 0 bridgehead atoms. The van der Waals surface area contributed by atoms with Crippen LogP contribution in [0.3, 0.4) is 0 Å². The lowest BCUT2D eigenvalue weighted by atomic mass is 9.79. The van der Waals surface area contributed by atoms with E-state index < -0.39 is 5.60 Å². The summed E-state index contributed by atoms with van der Waals surface area (Å²) in [4.78, 5) is 16.4. The van der Waals surface area contributed by atoms with Crippen LogP contribution in [-0.4, -0.2) is 64.2 Å². The molecule has 0 aliphatic carbocycles. The Balaban J connectivity index is 1.85. The van der Waals surface area contributed by atoms with Crippen LogP contribution in [0.5, 0.6) is 0 Å². The number of rotatable bonds is 3. The van der Waals surface area contributed by atoms with Crippen molar-refractivity contribution in [1.82, 2.24) is 20.0 Å². The molecule has 6 heteroatoms. The molecule has 0 spiro atoms. The van der Waals surface area contributed by atoms with Crippen LogP contribution in [0.1, 0.15) is 28.2 Å². The predicted molar refractivity (Wildman–Crippen MR) is 91.7 cm³/mol. The lowest BCUT2D eigenvalue weighted by Crippen LogP contribution is -2.60. The number of carbonyl (C=O) groups excluding carboxylic acids is 1. The molecular weight excluding hydrogens is 304 g/mol. The molecule has 1 aromatic heterocycles. The van der Waals surface area contributed by atoms with E-state index in [1.807, 2.05) is 56.3 Å². The molecule has 3 rings (SSSR count). The van der Waals surface area contributed by atoms with E-state index >= 15 is 0 Å². The Kier molecular flexibility index (Phi) is 4.43. The molecular formula is C18H24N4O2. The zero-order valence-electron chi connectivity index (χ0n) is 14.4. The second-order valence-corrected chi connectivity index (χ2v) is 6.71. The highest BCUT2D eigenvalue weighted by atomic mass is 16.3. The minimum Gasteiger partial charge on any atom is -0.383 e. The van der Waals surface area contributed by atoms with E-state index in [1.54, 1.807) is 11.0 Å². The van der Waals surface area contributed by atoms with E-state index in [0.717, 1.165) is 11.3 Å². The quantitative estimate of drug-likeness (QED) is 0.893. The second-order valence-electron chi connectivity index (χ2n) is 6.71. The summed E-state index contributed by atoms with van der Waals surface area (Å²) in [6.45, 7) is 2.83. The van der Waals surface area contributed by atoms with Gasteiger partial charge in [-0.25, -0.2) is 0 Å². The lowest BCUT2D eigenvalue weighted by Gasteiger charge is -2.47. The largest absolute Gasteiger partial charge is 0.383 e. The Morgan fingerprint density at radius 3 is 2.67 bits per heavy atom. The first-order valence-corrected chi connectivity index (χ1v) is 8.17. The summed E-state index contributed by atoms with van der Waals surface area (Å²) in [7, 11) is 3.87. The third kappa shape index (κ3) is 2.95. The van der Waals surface area contributed by atoms with Crippen molar-refractivity contribution in [1.29, 1.82) is 0 Å². The normalized spacial score (nSPS) is 24.4. The highest BCUT2D eigenvalue weighted by Gasteiger charge is 2.45. The van der Waals surface area contributed by atoms with Crippen LogP contribution in [0.25, 0.3) is 0 Å². The SMILES string of the molecule is Cc1cc(C(=O)N2CC[C@](O)(c3ccccc3)[C@H](N(C)C)C2)n[nH]1. The minimum absolute atomic E-state index is 0.0960. The fourth-order valence-electron chi connectivity index (χ4n) is 3.45. The number of hydrogen-bond donors (Lipinski definition) is 2. The fourth-order valence-corrected chi connectivity index (χ4v) is 3.45. The Bertz CT molecular complexity index is 713. The Morgan fingerprint density at radius 1 is 1.38 bits per heavy atom. The van der Waals surface area contributed by atoms with E-state index in [4.69, 9.17) is 0 Å². The molecule has 1 fully saturated rings. The maximum Gasteiger partial charge on any atom is 0.274 e. The molecule has 1 amide bonds. The van der Waals surface area contributed by atoms with Crippen molar-refractivity contribution in [2.24, 2.45) is 0 Å². The van der Waals surface area contributed by atoms with Gasteiger partial charge in [0, 0.05) is 18.8 Å². The van der Waals surface area contributed by atoms with Gasteiger partial charge in [0.15, 0.2) is 0 Å². The summed E-state index contributed by atoms with van der Waals surface area (Å²) in [5, 5.41) is 18.2. The monoisotopic (exact) mass is 328 g/mol. The third-order valence-corrected chi connectivity index (χ3v) is 4.82. The molecule has 1 saturated heterocycles. The molecule has 24 heavy (non-hydrogen) atoms. The van der Waals surface area contributed by atoms with Crippen molar-refractivity contribution < 1.29 is 9.90 Å². The highest BCUT2D eigenvalue weighted by molar-refractivity contribution is 5.92. The standard InChI is InChI=1S/C18H24N4O2/c1-13-11-15(20-19-13)17(23)22-10-9-18(24,16(12-22)21(2)3)14-7-5-4-6-8-14/h4-8,11,16,24H,9-10,12H2,1-3H3,(H,19,20)/t16-,18+/m1/s1. The predicted octanol–water partition coefficient (Wildman–Crippen LogP) is 1.38. The van der Waals surface area contributed by atoms with Crippen LogP contribution >= 0.6 is 0 Å². The molecule has 0 unspecified atom stereocenters. The Morgan fingerprint density at radius 2 is 2.08 bits per heavy atom. The summed E-state index contributed by atoms with van der Waals surface area (Å²) in [6.07, 6.45) is 0.495. The number of aliphatic hydroxyl groups is 1. The van der Waals surface area contributed by atoms with Crippen molar-refractivity contribution in [2.45, 2.75) is 25.0 Å². The number of likely N-dealkylation sites (tertiary alicyclic amines) is 1. The average Bonchev–Trinajstić information content (AvgIpc) is 3.01. The van der Waals surface area contributed by atoms with E-state index in [-0.39, 0.29) is 11.9 Å². The number of aromatic nitrogens is 2. The van der Waals surface area contributed by atoms with Crippen LogP contribution in [0.4, 0.5) is 0 Å². The van der Waals surface area contributed by atoms with Gasteiger partial charge in [-0.1, -0.05) is 30.3 Å². The van der Waals surface area contributed by atoms with Gasteiger partial charge in [0.1, 0.15) is 11.3 Å². The van der Waals surface area contributed by atoms with E-state index in [1.165, 1.54) is 0 Å². The number of aryl methyl sites for hydroxylation is 1. The summed E-state index contributed by atoms with van der Waals surface area (Å²) in [5.74, 6) is -0.0960. The molecule has 2 aromatic rings. The summed E-state index contributed by atoms with van der Waals surface area (Å²) in [5.41, 5.74) is 1.21. The molecule has 6 nitrogen and oxygen atoms in total. The van der Waals surface area contributed by atoms with Gasteiger partial charge in [-0.2, -0.15) is 5.10 Å². The van der Waals surface area contributed by atoms with Gasteiger partial charge in [-0.3, -0.25) is 9.89 Å². The zero-order chi connectivity index (χ0) is 17.3. The molecule has 1 aliphatic heterocycles. The van der Waals surface area contributed by atoms with Gasteiger partial charge in [-0.15, -0.1) is 0 Å². The molecule has 128 valence electrons. The van der Waals surface area contributed by atoms with Crippen molar-refractivity contribution in [2.75, 3.05) is 27.2 Å². The summed E-state index contributed by atoms with van der Waals surface area (Å²) < 4.78 is 0. The van der Waals surface area contributed by atoms with Crippen LogP contribution in [-0.2, 0) is 5.60 Å². The second kappa shape index (κ2) is 6.37. The Hall–Kier alpha value is -2.18. The fraction of sp³-hybridized carbons (Fsp3) is 0.444. The van der Waals surface area contributed by atoms with E-state index in [2.05, 4.69) is 10.2 Å². The number of H-pyrrole nitrogens is 1. The van der Waals surface area contributed by atoms with Crippen LogP contribution in [0.2, 0.25) is 0 Å². The van der Waals surface area contributed by atoms with Crippen LogP contribution in [0.15, 0.2) is 36.4 Å². The number of piperidine rings is 1. The first-order chi connectivity index (χ1) is 11.4. The Labute approximate surface area is 142 Å². The van der Waals surface area contributed by atoms with Gasteiger partial charge in [0.25, 0.3) is 5.91 Å². The average molecular weight is 328 g/mol. The maximum atomic E-state index is 12.7. The van der Waals surface area contributed by atoms with Gasteiger partial charge in [0.05, 0.1) is 6.04 Å².